The third-order valence-electron chi connectivity index (χ3n) is 4.21. The number of thioether (sulfide) groups is 1. The van der Waals surface area contributed by atoms with Crippen LogP contribution in [0.2, 0.25) is 0 Å². The van der Waals surface area contributed by atoms with Gasteiger partial charge in [-0.05, 0) is 30.9 Å². The molecule has 4 heteroatoms. The second kappa shape index (κ2) is 3.92. The smallest absolute Gasteiger partial charge is 0.168 e. The predicted octanol–water partition coefficient (Wildman–Crippen LogP) is 3.93. The van der Waals surface area contributed by atoms with Crippen LogP contribution in [-0.2, 0) is 0 Å². The Kier molecular flexibility index (Phi) is 2.16. The van der Waals surface area contributed by atoms with Gasteiger partial charge >= 0.3 is 0 Å². The van der Waals surface area contributed by atoms with E-state index in [4.69, 9.17) is 4.42 Å². The van der Waals surface area contributed by atoms with E-state index in [1.807, 2.05) is 17.8 Å². The van der Waals surface area contributed by atoms with Gasteiger partial charge in [0.25, 0.3) is 0 Å². The van der Waals surface area contributed by atoms with Crippen molar-refractivity contribution in [2.45, 2.75) is 12.8 Å². The van der Waals surface area contributed by atoms with Crippen LogP contribution in [0.25, 0.3) is 16.7 Å². The molecule has 0 radical (unpaired) electrons. The number of amidine groups is 1. The van der Waals surface area contributed by atoms with Gasteiger partial charge in [-0.3, -0.25) is 4.99 Å². The fraction of sp³-hybridized carbons (Fsp3) is 0.312. The normalized spacial score (nSPS) is 21.8. The molecule has 1 aromatic heterocycles. The Hall–Kier alpha value is -1.68. The zero-order chi connectivity index (χ0) is 13.1. The topological polar surface area (TPSA) is 28.7 Å². The molecule has 100 valence electrons. The molecule has 3 heterocycles. The first kappa shape index (κ1) is 11.0. The molecule has 0 saturated heterocycles. The first-order chi connectivity index (χ1) is 9.92. The van der Waals surface area contributed by atoms with Crippen molar-refractivity contribution in [3.63, 3.8) is 0 Å². The Bertz CT molecular complexity index is 770. The minimum absolute atomic E-state index is 0.755. The van der Waals surface area contributed by atoms with Crippen molar-refractivity contribution in [3.8, 4) is 0 Å². The summed E-state index contributed by atoms with van der Waals surface area (Å²) >= 11 is 1.89. The number of aliphatic imine (C=N–C) groups is 1. The van der Waals surface area contributed by atoms with E-state index in [1.165, 1.54) is 39.6 Å². The monoisotopic (exact) mass is 282 g/mol. The standard InChI is InChI=1S/C16H14N2OS/c1-2-12(11-6-9-19-13(11)3-1)14-15(10-4-5-10)20-16-17-7-8-18(14)16/h1-3,6,9-10H,4-5,7-8H2. The second-order valence-corrected chi connectivity index (χ2v) is 6.55. The van der Waals surface area contributed by atoms with Gasteiger partial charge in [0.05, 0.1) is 18.5 Å². The number of hydrogen-bond acceptors (Lipinski definition) is 4. The SMILES string of the molecule is c1cc(C2=C(C3CC3)SC3=NCCN32)c2ccoc2c1. The van der Waals surface area contributed by atoms with Crippen LogP contribution >= 0.6 is 11.8 Å². The number of fused-ring (bicyclic) bond motifs is 2. The summed E-state index contributed by atoms with van der Waals surface area (Å²) in [7, 11) is 0. The number of hydrogen-bond donors (Lipinski definition) is 0. The molecule has 1 aliphatic carbocycles. The van der Waals surface area contributed by atoms with Gasteiger partial charge in [0, 0.05) is 22.4 Å². The summed E-state index contributed by atoms with van der Waals surface area (Å²) in [6.07, 6.45) is 4.44. The summed E-state index contributed by atoms with van der Waals surface area (Å²) in [4.78, 5) is 8.57. The highest BCUT2D eigenvalue weighted by atomic mass is 32.2. The van der Waals surface area contributed by atoms with Crippen LogP contribution in [-0.4, -0.2) is 23.2 Å². The quantitative estimate of drug-likeness (QED) is 0.835. The summed E-state index contributed by atoms with van der Waals surface area (Å²) in [5.41, 5.74) is 3.67. The van der Waals surface area contributed by atoms with Crippen LogP contribution in [0.3, 0.4) is 0 Å². The second-order valence-electron chi connectivity index (χ2n) is 5.54. The van der Waals surface area contributed by atoms with Crippen LogP contribution in [0.4, 0.5) is 0 Å². The Morgan fingerprint density at radius 3 is 3.10 bits per heavy atom. The zero-order valence-corrected chi connectivity index (χ0v) is 11.8. The van der Waals surface area contributed by atoms with Gasteiger partial charge in [-0.15, -0.1) is 0 Å². The summed E-state index contributed by atoms with van der Waals surface area (Å²) < 4.78 is 5.56. The molecular weight excluding hydrogens is 268 g/mol. The maximum atomic E-state index is 5.56. The Morgan fingerprint density at radius 1 is 1.25 bits per heavy atom. The molecule has 3 aliphatic rings. The molecule has 20 heavy (non-hydrogen) atoms. The molecule has 5 rings (SSSR count). The average Bonchev–Trinajstić information content (AvgIpc) is 2.89. The lowest BCUT2D eigenvalue weighted by atomic mass is 10.0. The minimum Gasteiger partial charge on any atom is -0.464 e. The Balaban J connectivity index is 1.76. The van der Waals surface area contributed by atoms with Gasteiger partial charge < -0.3 is 9.32 Å². The van der Waals surface area contributed by atoms with Gasteiger partial charge in [-0.2, -0.15) is 0 Å². The van der Waals surface area contributed by atoms with Crippen molar-refractivity contribution < 1.29 is 4.42 Å². The lowest BCUT2D eigenvalue weighted by molar-refractivity contribution is 0.615. The summed E-state index contributed by atoms with van der Waals surface area (Å²) in [5.74, 6) is 0.755. The molecule has 2 aliphatic heterocycles. The van der Waals surface area contributed by atoms with Crippen molar-refractivity contribution >= 4 is 33.6 Å². The fourth-order valence-electron chi connectivity index (χ4n) is 3.10. The number of furan rings is 1. The molecule has 0 atom stereocenters. The summed E-state index contributed by atoms with van der Waals surface area (Å²) in [6, 6.07) is 8.43. The summed E-state index contributed by atoms with van der Waals surface area (Å²) in [6.45, 7) is 1.94. The van der Waals surface area contributed by atoms with Gasteiger partial charge in [0.2, 0.25) is 0 Å². The van der Waals surface area contributed by atoms with Gasteiger partial charge in [0.15, 0.2) is 5.17 Å². The highest BCUT2D eigenvalue weighted by Gasteiger charge is 2.40. The molecular formula is C16H14N2OS. The zero-order valence-electron chi connectivity index (χ0n) is 11.0. The Morgan fingerprint density at radius 2 is 2.20 bits per heavy atom. The van der Waals surface area contributed by atoms with Crippen molar-refractivity contribution in [2.24, 2.45) is 10.9 Å². The lowest BCUT2D eigenvalue weighted by Crippen LogP contribution is -2.20. The van der Waals surface area contributed by atoms with Crippen LogP contribution in [0.15, 0.2) is 44.8 Å². The first-order valence-electron chi connectivity index (χ1n) is 7.12. The molecule has 0 N–H and O–H groups in total. The van der Waals surface area contributed by atoms with E-state index < -0.39 is 0 Å². The van der Waals surface area contributed by atoms with E-state index in [1.54, 1.807) is 6.26 Å². The summed E-state index contributed by atoms with van der Waals surface area (Å²) in [5, 5.41) is 2.41. The molecule has 1 fully saturated rings. The third kappa shape index (κ3) is 1.45. The molecule has 2 aromatic rings. The van der Waals surface area contributed by atoms with Crippen LogP contribution < -0.4 is 0 Å². The first-order valence-corrected chi connectivity index (χ1v) is 7.94. The molecule has 0 unspecified atom stereocenters. The van der Waals surface area contributed by atoms with Crippen molar-refractivity contribution in [1.82, 2.24) is 4.90 Å². The van der Waals surface area contributed by atoms with E-state index in [9.17, 15) is 0 Å². The molecule has 0 spiro atoms. The van der Waals surface area contributed by atoms with E-state index in [-0.39, 0.29) is 0 Å². The Labute approximate surface area is 121 Å². The predicted molar refractivity (Wildman–Crippen MR) is 82.5 cm³/mol. The molecule has 0 bridgehead atoms. The van der Waals surface area contributed by atoms with Crippen LogP contribution in [0.1, 0.15) is 18.4 Å². The van der Waals surface area contributed by atoms with E-state index >= 15 is 0 Å². The number of nitrogens with zero attached hydrogens (tertiary/aromatic N) is 2. The van der Waals surface area contributed by atoms with E-state index in [0.29, 0.717) is 0 Å². The minimum atomic E-state index is 0.755. The molecule has 3 nitrogen and oxygen atoms in total. The van der Waals surface area contributed by atoms with Gasteiger partial charge in [-0.25, -0.2) is 0 Å². The molecule has 1 saturated carbocycles. The van der Waals surface area contributed by atoms with Crippen LogP contribution in [0, 0.1) is 5.92 Å². The maximum absolute atomic E-state index is 5.56. The number of benzene rings is 1. The molecule has 1 aromatic carbocycles. The average molecular weight is 282 g/mol. The molecule has 0 amide bonds. The fourth-order valence-corrected chi connectivity index (χ4v) is 4.47. The van der Waals surface area contributed by atoms with Gasteiger partial charge in [-0.1, -0.05) is 23.9 Å². The van der Waals surface area contributed by atoms with Crippen LogP contribution in [0.5, 0.6) is 0 Å². The van der Waals surface area contributed by atoms with E-state index in [2.05, 4.69) is 28.1 Å². The van der Waals surface area contributed by atoms with Crippen molar-refractivity contribution in [3.05, 3.63) is 41.0 Å². The largest absolute Gasteiger partial charge is 0.464 e. The van der Waals surface area contributed by atoms with Crippen molar-refractivity contribution in [1.29, 1.82) is 0 Å². The lowest BCUT2D eigenvalue weighted by Gasteiger charge is -2.18. The number of allylic oxidation sites excluding steroid dienone is 1. The highest BCUT2D eigenvalue weighted by molar-refractivity contribution is 8.17. The highest BCUT2D eigenvalue weighted by Crippen LogP contribution is 2.53. The van der Waals surface area contributed by atoms with Gasteiger partial charge in [0.1, 0.15) is 5.58 Å². The maximum Gasteiger partial charge on any atom is 0.168 e. The third-order valence-corrected chi connectivity index (χ3v) is 5.48. The van der Waals surface area contributed by atoms with Crippen molar-refractivity contribution in [2.75, 3.05) is 13.1 Å². The van der Waals surface area contributed by atoms with E-state index in [0.717, 1.165) is 24.6 Å². The number of rotatable bonds is 2.